The molecule has 1 aliphatic heterocycles. The first kappa shape index (κ1) is 14.5. The van der Waals surface area contributed by atoms with Crippen LogP contribution in [0.2, 0.25) is 0 Å². The molecule has 0 aromatic heterocycles. The number of anilines is 1. The van der Waals surface area contributed by atoms with Gasteiger partial charge < -0.3 is 10.6 Å². The summed E-state index contributed by atoms with van der Waals surface area (Å²) in [6.45, 7) is 1.76. The van der Waals surface area contributed by atoms with Gasteiger partial charge in [0.2, 0.25) is 11.8 Å². The molecular formula is C15H21N3O2. The number of hydrogen-bond donors (Lipinski definition) is 1. The van der Waals surface area contributed by atoms with Crippen molar-refractivity contribution in [3.8, 4) is 0 Å². The molecule has 1 atom stereocenters. The maximum atomic E-state index is 12.3. The summed E-state index contributed by atoms with van der Waals surface area (Å²) in [5, 5.41) is 0. The van der Waals surface area contributed by atoms with Crippen LogP contribution in [0.5, 0.6) is 0 Å². The zero-order chi connectivity index (χ0) is 14.5. The largest absolute Gasteiger partial charge is 0.369 e. The van der Waals surface area contributed by atoms with Gasteiger partial charge in [-0.3, -0.25) is 14.5 Å². The van der Waals surface area contributed by atoms with E-state index in [9.17, 15) is 9.59 Å². The molecule has 0 spiro atoms. The highest BCUT2D eigenvalue weighted by atomic mass is 16.2. The molecule has 0 unspecified atom stereocenters. The van der Waals surface area contributed by atoms with E-state index >= 15 is 0 Å². The van der Waals surface area contributed by atoms with Crippen LogP contribution in [-0.4, -0.2) is 43.4 Å². The predicted octanol–water partition coefficient (Wildman–Crippen LogP) is 0.847. The zero-order valence-corrected chi connectivity index (χ0v) is 11.8. The standard InChI is InChI=1S/C15H21N3O2/c1-17(13-7-3-2-4-8-13)14(19)11-18-9-5-6-12(10-18)15(16)20/h2-4,7-8,12H,5-6,9-11H2,1H3,(H2,16,20)/t12-/m0/s1. The highest BCUT2D eigenvalue weighted by molar-refractivity contribution is 5.94. The Morgan fingerprint density at radius 1 is 1.35 bits per heavy atom. The lowest BCUT2D eigenvalue weighted by Crippen LogP contribution is -2.46. The van der Waals surface area contributed by atoms with E-state index in [2.05, 4.69) is 0 Å². The third-order valence-corrected chi connectivity index (χ3v) is 3.78. The van der Waals surface area contributed by atoms with E-state index in [0.29, 0.717) is 13.1 Å². The number of nitrogens with two attached hydrogens (primary N) is 1. The molecule has 0 saturated carbocycles. The molecule has 1 aromatic carbocycles. The highest BCUT2D eigenvalue weighted by Gasteiger charge is 2.26. The van der Waals surface area contributed by atoms with Crippen LogP contribution in [0.15, 0.2) is 30.3 Å². The van der Waals surface area contributed by atoms with Gasteiger partial charge in [-0.05, 0) is 31.5 Å². The number of primary amides is 1. The molecule has 2 N–H and O–H groups in total. The van der Waals surface area contributed by atoms with Gasteiger partial charge in [-0.2, -0.15) is 0 Å². The van der Waals surface area contributed by atoms with Crippen LogP contribution in [-0.2, 0) is 9.59 Å². The van der Waals surface area contributed by atoms with Crippen molar-refractivity contribution in [2.45, 2.75) is 12.8 Å². The quantitative estimate of drug-likeness (QED) is 0.885. The van der Waals surface area contributed by atoms with Gasteiger partial charge in [-0.15, -0.1) is 0 Å². The van der Waals surface area contributed by atoms with E-state index < -0.39 is 0 Å². The zero-order valence-electron chi connectivity index (χ0n) is 11.8. The number of carbonyl (C=O) groups excluding carboxylic acids is 2. The molecule has 1 saturated heterocycles. The Morgan fingerprint density at radius 3 is 2.70 bits per heavy atom. The van der Waals surface area contributed by atoms with Crippen molar-refractivity contribution in [1.29, 1.82) is 0 Å². The van der Waals surface area contributed by atoms with Crippen molar-refractivity contribution in [2.75, 3.05) is 31.6 Å². The maximum absolute atomic E-state index is 12.3. The Bertz CT molecular complexity index is 475. The predicted molar refractivity (Wildman–Crippen MR) is 78.2 cm³/mol. The van der Waals surface area contributed by atoms with Crippen molar-refractivity contribution in [1.82, 2.24) is 4.90 Å². The molecule has 0 bridgehead atoms. The van der Waals surface area contributed by atoms with Crippen LogP contribution < -0.4 is 10.6 Å². The molecule has 2 rings (SSSR count). The van der Waals surface area contributed by atoms with Gasteiger partial charge >= 0.3 is 0 Å². The van der Waals surface area contributed by atoms with E-state index in [-0.39, 0.29) is 17.7 Å². The number of benzene rings is 1. The Balaban J connectivity index is 1.92. The first-order valence-corrected chi connectivity index (χ1v) is 6.91. The van der Waals surface area contributed by atoms with Crippen LogP contribution in [0, 0.1) is 5.92 Å². The SMILES string of the molecule is CN(C(=O)CN1CCC[C@H](C(N)=O)C1)c1ccccc1. The summed E-state index contributed by atoms with van der Waals surface area (Å²) in [6.07, 6.45) is 1.74. The van der Waals surface area contributed by atoms with Gasteiger partial charge in [-0.1, -0.05) is 18.2 Å². The minimum Gasteiger partial charge on any atom is -0.369 e. The number of piperidine rings is 1. The third-order valence-electron chi connectivity index (χ3n) is 3.78. The molecule has 1 aromatic rings. The fourth-order valence-electron chi connectivity index (χ4n) is 2.52. The monoisotopic (exact) mass is 275 g/mol. The number of nitrogens with zero attached hydrogens (tertiary/aromatic N) is 2. The van der Waals surface area contributed by atoms with E-state index in [4.69, 9.17) is 5.73 Å². The van der Waals surface area contributed by atoms with E-state index in [0.717, 1.165) is 25.1 Å². The molecule has 1 aliphatic rings. The lowest BCUT2D eigenvalue weighted by molar-refractivity contribution is -0.125. The lowest BCUT2D eigenvalue weighted by Gasteiger charge is -2.31. The average molecular weight is 275 g/mol. The maximum Gasteiger partial charge on any atom is 0.240 e. The smallest absolute Gasteiger partial charge is 0.240 e. The van der Waals surface area contributed by atoms with Gasteiger partial charge in [-0.25, -0.2) is 0 Å². The normalized spacial score (nSPS) is 19.6. The number of carbonyl (C=O) groups is 2. The second-order valence-corrected chi connectivity index (χ2v) is 5.26. The molecule has 1 fully saturated rings. The number of amides is 2. The molecule has 5 nitrogen and oxygen atoms in total. The summed E-state index contributed by atoms with van der Waals surface area (Å²) in [6, 6.07) is 9.54. The summed E-state index contributed by atoms with van der Waals surface area (Å²) in [4.78, 5) is 27.2. The summed E-state index contributed by atoms with van der Waals surface area (Å²) < 4.78 is 0. The molecule has 108 valence electrons. The van der Waals surface area contributed by atoms with Crippen LogP contribution >= 0.6 is 0 Å². The van der Waals surface area contributed by atoms with Crippen molar-refractivity contribution < 1.29 is 9.59 Å². The molecule has 0 aliphatic carbocycles. The third kappa shape index (κ3) is 3.57. The summed E-state index contributed by atoms with van der Waals surface area (Å²) >= 11 is 0. The minimum atomic E-state index is -0.265. The van der Waals surface area contributed by atoms with Crippen molar-refractivity contribution >= 4 is 17.5 Å². The lowest BCUT2D eigenvalue weighted by atomic mass is 9.97. The second kappa shape index (κ2) is 6.52. The number of likely N-dealkylation sites (N-methyl/N-ethyl adjacent to an activating group) is 1. The molecule has 1 heterocycles. The van der Waals surface area contributed by atoms with Crippen molar-refractivity contribution in [3.63, 3.8) is 0 Å². The van der Waals surface area contributed by atoms with Crippen LogP contribution in [0.4, 0.5) is 5.69 Å². The molecule has 2 amide bonds. The summed E-state index contributed by atoms with van der Waals surface area (Å²) in [5.41, 5.74) is 6.23. The Morgan fingerprint density at radius 2 is 2.05 bits per heavy atom. The highest BCUT2D eigenvalue weighted by Crippen LogP contribution is 2.17. The fraction of sp³-hybridized carbons (Fsp3) is 0.467. The average Bonchev–Trinajstić information content (AvgIpc) is 2.47. The molecule has 20 heavy (non-hydrogen) atoms. The first-order chi connectivity index (χ1) is 9.58. The van der Waals surface area contributed by atoms with Gasteiger partial charge in [0, 0.05) is 19.3 Å². The Kier molecular flexibility index (Phi) is 4.74. The first-order valence-electron chi connectivity index (χ1n) is 6.91. The summed E-state index contributed by atoms with van der Waals surface area (Å²) in [5.74, 6) is -0.363. The Labute approximate surface area is 119 Å². The van der Waals surface area contributed by atoms with E-state index in [1.165, 1.54) is 0 Å². The van der Waals surface area contributed by atoms with Crippen LogP contribution in [0.3, 0.4) is 0 Å². The van der Waals surface area contributed by atoms with Crippen LogP contribution in [0.1, 0.15) is 12.8 Å². The van der Waals surface area contributed by atoms with Gasteiger partial charge in [0.15, 0.2) is 0 Å². The van der Waals surface area contributed by atoms with E-state index in [1.807, 2.05) is 35.2 Å². The number of rotatable bonds is 4. The fourth-order valence-corrected chi connectivity index (χ4v) is 2.52. The molecule has 5 heteroatoms. The number of hydrogen-bond acceptors (Lipinski definition) is 3. The Hall–Kier alpha value is -1.88. The van der Waals surface area contributed by atoms with E-state index in [1.54, 1.807) is 11.9 Å². The summed E-state index contributed by atoms with van der Waals surface area (Å²) in [7, 11) is 1.77. The number of para-hydroxylation sites is 1. The topological polar surface area (TPSA) is 66.6 Å². The van der Waals surface area contributed by atoms with Crippen LogP contribution in [0.25, 0.3) is 0 Å². The second-order valence-electron chi connectivity index (χ2n) is 5.26. The van der Waals surface area contributed by atoms with Crippen molar-refractivity contribution in [2.24, 2.45) is 11.7 Å². The minimum absolute atomic E-state index is 0.0290. The van der Waals surface area contributed by atoms with Crippen molar-refractivity contribution in [3.05, 3.63) is 30.3 Å². The number of likely N-dealkylation sites (tertiary alicyclic amines) is 1. The van der Waals surface area contributed by atoms with Gasteiger partial charge in [0.1, 0.15) is 0 Å². The van der Waals surface area contributed by atoms with Gasteiger partial charge in [0.25, 0.3) is 0 Å². The molecular weight excluding hydrogens is 254 g/mol. The van der Waals surface area contributed by atoms with Gasteiger partial charge in [0.05, 0.1) is 12.5 Å². The molecule has 0 radical (unpaired) electrons.